The lowest BCUT2D eigenvalue weighted by Gasteiger charge is -2.41. The second-order valence-corrected chi connectivity index (χ2v) is 3.78. The molecule has 1 atom stereocenters. The van der Waals surface area contributed by atoms with Gasteiger partial charge in [0.1, 0.15) is 0 Å². The fraction of sp³-hybridized carbons (Fsp3) is 0.700. The van der Waals surface area contributed by atoms with E-state index in [0.717, 1.165) is 25.9 Å². The Morgan fingerprint density at radius 3 is 3.00 bits per heavy atom. The maximum atomic E-state index is 11.6. The maximum Gasteiger partial charge on any atom is 0.240 e. The zero-order valence-electron chi connectivity index (χ0n) is 8.47. The quantitative estimate of drug-likeness (QED) is 0.654. The summed E-state index contributed by atoms with van der Waals surface area (Å²) in [6, 6.07) is 0. The third kappa shape index (κ3) is 1.91. The molecule has 0 aliphatic carbocycles. The van der Waals surface area contributed by atoms with Crippen molar-refractivity contribution in [3.8, 4) is 0 Å². The van der Waals surface area contributed by atoms with E-state index in [0.29, 0.717) is 0 Å². The van der Waals surface area contributed by atoms with E-state index < -0.39 is 0 Å². The van der Waals surface area contributed by atoms with Crippen molar-refractivity contribution >= 4 is 5.91 Å². The Hall–Kier alpha value is -0.830. The molecule has 1 unspecified atom stereocenters. The number of likely N-dealkylation sites (N-methyl/N-ethyl adjacent to an activating group) is 1. The lowest BCUT2D eigenvalue weighted by molar-refractivity contribution is -0.135. The summed E-state index contributed by atoms with van der Waals surface area (Å²) in [4.78, 5) is 13.8. The smallest absolute Gasteiger partial charge is 0.240 e. The lowest BCUT2D eigenvalue weighted by Crippen LogP contribution is -2.61. The van der Waals surface area contributed by atoms with Crippen molar-refractivity contribution in [2.24, 2.45) is 0 Å². The number of nitrogens with one attached hydrogen (secondary N) is 1. The van der Waals surface area contributed by atoms with Gasteiger partial charge in [0.2, 0.25) is 5.91 Å². The summed E-state index contributed by atoms with van der Waals surface area (Å²) in [6.07, 6.45) is 3.59. The second-order valence-electron chi connectivity index (χ2n) is 3.78. The van der Waals surface area contributed by atoms with E-state index in [-0.39, 0.29) is 11.4 Å². The van der Waals surface area contributed by atoms with Gasteiger partial charge in [-0.05, 0) is 26.8 Å². The summed E-state index contributed by atoms with van der Waals surface area (Å²) >= 11 is 0. The van der Waals surface area contributed by atoms with Gasteiger partial charge in [0, 0.05) is 13.1 Å². The number of carbonyl (C=O) groups excluding carboxylic acids is 1. The predicted octanol–water partition coefficient (Wildman–Crippen LogP) is 0.773. The number of rotatable bonds is 3. The normalized spacial score (nSPS) is 29.8. The van der Waals surface area contributed by atoms with Gasteiger partial charge in [0.25, 0.3) is 0 Å². The first kappa shape index (κ1) is 10.3. The Morgan fingerprint density at radius 1 is 1.77 bits per heavy atom. The minimum absolute atomic E-state index is 0.142. The highest BCUT2D eigenvalue weighted by Gasteiger charge is 2.38. The van der Waals surface area contributed by atoms with Crippen molar-refractivity contribution in [1.82, 2.24) is 10.2 Å². The molecule has 13 heavy (non-hydrogen) atoms. The van der Waals surface area contributed by atoms with E-state index in [1.165, 1.54) is 0 Å². The van der Waals surface area contributed by atoms with Crippen molar-refractivity contribution < 1.29 is 4.79 Å². The molecule has 1 fully saturated rings. The summed E-state index contributed by atoms with van der Waals surface area (Å²) in [7, 11) is 2.00. The molecule has 1 amide bonds. The maximum absolute atomic E-state index is 11.6. The zero-order valence-corrected chi connectivity index (χ0v) is 8.47. The Kier molecular flexibility index (Phi) is 3.09. The Bertz CT molecular complexity index is 215. The number of hydrogen-bond acceptors (Lipinski definition) is 2. The molecule has 0 aromatic rings. The summed E-state index contributed by atoms with van der Waals surface area (Å²) in [5.74, 6) is 0.142. The average molecular weight is 182 g/mol. The van der Waals surface area contributed by atoms with Gasteiger partial charge in [0.15, 0.2) is 0 Å². The lowest BCUT2D eigenvalue weighted by atomic mass is 9.91. The molecule has 0 bridgehead atoms. The molecule has 74 valence electrons. The molecule has 1 heterocycles. The van der Waals surface area contributed by atoms with Crippen LogP contribution in [0.15, 0.2) is 12.7 Å². The molecule has 0 saturated carbocycles. The van der Waals surface area contributed by atoms with Gasteiger partial charge in [-0.25, -0.2) is 0 Å². The van der Waals surface area contributed by atoms with Crippen LogP contribution in [-0.4, -0.2) is 36.5 Å². The summed E-state index contributed by atoms with van der Waals surface area (Å²) in [5.41, 5.74) is -0.341. The van der Waals surface area contributed by atoms with Gasteiger partial charge in [-0.2, -0.15) is 0 Å². The molecule has 0 aromatic heterocycles. The number of amides is 1. The highest BCUT2D eigenvalue weighted by Crippen LogP contribution is 2.22. The number of hydrogen-bond donors (Lipinski definition) is 1. The molecule has 1 aliphatic heterocycles. The van der Waals surface area contributed by atoms with Crippen LogP contribution in [0.5, 0.6) is 0 Å². The Balaban J connectivity index is 2.69. The van der Waals surface area contributed by atoms with E-state index >= 15 is 0 Å². The van der Waals surface area contributed by atoms with Gasteiger partial charge in [0.05, 0.1) is 5.54 Å². The molecule has 0 spiro atoms. The first-order valence-electron chi connectivity index (χ1n) is 4.71. The number of nitrogens with zero attached hydrogens (tertiary/aromatic N) is 1. The van der Waals surface area contributed by atoms with Gasteiger partial charge in [-0.15, -0.1) is 6.58 Å². The highest BCUT2D eigenvalue weighted by atomic mass is 16.2. The van der Waals surface area contributed by atoms with Crippen LogP contribution in [0.1, 0.15) is 19.8 Å². The number of allylic oxidation sites excluding steroid dienone is 1. The minimum atomic E-state index is -0.341. The molecule has 1 N–H and O–H groups in total. The van der Waals surface area contributed by atoms with E-state index in [9.17, 15) is 4.79 Å². The predicted molar refractivity (Wildman–Crippen MR) is 53.5 cm³/mol. The summed E-state index contributed by atoms with van der Waals surface area (Å²) in [5, 5.41) is 2.90. The van der Waals surface area contributed by atoms with Gasteiger partial charge in [-0.3, -0.25) is 9.69 Å². The molecule has 0 radical (unpaired) electrons. The molecular weight excluding hydrogens is 164 g/mol. The van der Waals surface area contributed by atoms with E-state index in [1.54, 1.807) is 0 Å². The third-order valence-corrected chi connectivity index (χ3v) is 2.90. The first-order chi connectivity index (χ1) is 6.11. The molecule has 1 rings (SSSR count). The van der Waals surface area contributed by atoms with Crippen LogP contribution in [0, 0.1) is 0 Å². The van der Waals surface area contributed by atoms with Crippen LogP contribution in [0.4, 0.5) is 0 Å². The molecule has 1 aliphatic rings. The third-order valence-electron chi connectivity index (χ3n) is 2.90. The van der Waals surface area contributed by atoms with Gasteiger partial charge >= 0.3 is 0 Å². The van der Waals surface area contributed by atoms with Crippen LogP contribution in [0.25, 0.3) is 0 Å². The topological polar surface area (TPSA) is 32.3 Å². The SMILES string of the molecule is C=CCCC1(C)C(=O)NCCN1C. The molecule has 3 nitrogen and oxygen atoms in total. The van der Waals surface area contributed by atoms with E-state index in [1.807, 2.05) is 20.0 Å². The number of piperazine rings is 1. The first-order valence-corrected chi connectivity index (χ1v) is 4.71. The monoisotopic (exact) mass is 182 g/mol. The molecular formula is C10H18N2O. The standard InChI is InChI=1S/C10H18N2O/c1-4-5-6-10(2)9(13)11-7-8-12(10)3/h4H,1,5-8H2,2-3H3,(H,11,13). The average Bonchev–Trinajstić information content (AvgIpc) is 2.11. The minimum Gasteiger partial charge on any atom is -0.353 e. The van der Waals surface area contributed by atoms with Crippen LogP contribution >= 0.6 is 0 Å². The van der Waals surface area contributed by atoms with Crippen LogP contribution in [0.3, 0.4) is 0 Å². The van der Waals surface area contributed by atoms with Crippen molar-refractivity contribution in [3.63, 3.8) is 0 Å². The van der Waals surface area contributed by atoms with Crippen molar-refractivity contribution in [3.05, 3.63) is 12.7 Å². The molecule has 3 heteroatoms. The largest absolute Gasteiger partial charge is 0.353 e. The Labute approximate surface area is 79.8 Å². The fourth-order valence-corrected chi connectivity index (χ4v) is 1.64. The van der Waals surface area contributed by atoms with E-state index in [4.69, 9.17) is 0 Å². The summed E-state index contributed by atoms with van der Waals surface area (Å²) < 4.78 is 0. The van der Waals surface area contributed by atoms with Crippen LogP contribution in [0.2, 0.25) is 0 Å². The Morgan fingerprint density at radius 2 is 2.46 bits per heavy atom. The van der Waals surface area contributed by atoms with Crippen molar-refractivity contribution in [2.75, 3.05) is 20.1 Å². The summed E-state index contributed by atoms with van der Waals surface area (Å²) in [6.45, 7) is 7.36. The number of carbonyl (C=O) groups is 1. The van der Waals surface area contributed by atoms with Crippen LogP contribution < -0.4 is 5.32 Å². The molecule has 1 saturated heterocycles. The second kappa shape index (κ2) is 3.92. The van der Waals surface area contributed by atoms with Crippen LogP contribution in [-0.2, 0) is 4.79 Å². The van der Waals surface area contributed by atoms with Gasteiger partial charge < -0.3 is 5.32 Å². The molecule has 0 aromatic carbocycles. The van der Waals surface area contributed by atoms with E-state index in [2.05, 4.69) is 16.8 Å². The van der Waals surface area contributed by atoms with Gasteiger partial charge in [-0.1, -0.05) is 6.08 Å². The highest BCUT2D eigenvalue weighted by molar-refractivity contribution is 5.86. The fourth-order valence-electron chi connectivity index (χ4n) is 1.64. The van der Waals surface area contributed by atoms with Crippen molar-refractivity contribution in [1.29, 1.82) is 0 Å². The zero-order chi connectivity index (χ0) is 9.90. The van der Waals surface area contributed by atoms with Crippen molar-refractivity contribution in [2.45, 2.75) is 25.3 Å².